The van der Waals surface area contributed by atoms with Crippen molar-refractivity contribution < 1.29 is 4.79 Å². The lowest BCUT2D eigenvalue weighted by Crippen LogP contribution is -2.42. The Hall–Kier alpha value is -2.29. The number of amides is 1. The molecule has 1 aromatic rings. The highest BCUT2D eigenvalue weighted by molar-refractivity contribution is 7.99. The minimum absolute atomic E-state index is 0.0420. The molecule has 1 atom stereocenters. The van der Waals surface area contributed by atoms with Crippen molar-refractivity contribution in [3.8, 4) is 12.1 Å². The minimum atomic E-state index is -0.429. The molecule has 2 heterocycles. The van der Waals surface area contributed by atoms with Gasteiger partial charge in [0.2, 0.25) is 5.91 Å². The number of nitrogens with two attached hydrogens (primary N) is 1. The second-order valence-electron chi connectivity index (χ2n) is 5.48. The van der Waals surface area contributed by atoms with Gasteiger partial charge in [-0.05, 0) is 31.4 Å². The molecule has 126 valence electrons. The normalized spacial score (nSPS) is 14.7. The van der Waals surface area contributed by atoms with Crippen LogP contribution in [0.5, 0.6) is 0 Å². The smallest absolute Gasteiger partial charge is 0.240 e. The summed E-state index contributed by atoms with van der Waals surface area (Å²) in [6.07, 6.45) is 2.34. The van der Waals surface area contributed by atoms with Crippen LogP contribution in [0.3, 0.4) is 0 Å². The Morgan fingerprint density at radius 1 is 1.42 bits per heavy atom. The summed E-state index contributed by atoms with van der Waals surface area (Å²) in [6, 6.07) is 6.67. The Morgan fingerprint density at radius 2 is 2.25 bits per heavy atom. The van der Waals surface area contributed by atoms with Crippen LogP contribution in [0.15, 0.2) is 12.1 Å². The summed E-state index contributed by atoms with van der Waals surface area (Å²) < 4.78 is 0. The van der Waals surface area contributed by atoms with Gasteiger partial charge in [-0.2, -0.15) is 10.5 Å². The fourth-order valence-electron chi connectivity index (χ4n) is 2.38. The van der Waals surface area contributed by atoms with Gasteiger partial charge in [0.05, 0.1) is 17.5 Å². The molecule has 0 radical (unpaired) electrons. The first-order chi connectivity index (χ1) is 11.7. The van der Waals surface area contributed by atoms with Crippen LogP contribution in [-0.2, 0) is 4.79 Å². The SMILES string of the molecule is N#Cc1ccc(NCCCCC(N)C(=O)N2CCSC2)nc1C#N. The van der Waals surface area contributed by atoms with E-state index in [1.54, 1.807) is 23.9 Å². The predicted molar refractivity (Wildman–Crippen MR) is 93.0 cm³/mol. The van der Waals surface area contributed by atoms with Gasteiger partial charge in [-0.25, -0.2) is 4.98 Å². The number of pyridine rings is 1. The molecular formula is C16H20N6OS. The number of thioether (sulfide) groups is 1. The van der Waals surface area contributed by atoms with Crippen molar-refractivity contribution in [2.24, 2.45) is 5.73 Å². The molecule has 1 aliphatic rings. The van der Waals surface area contributed by atoms with Crippen molar-refractivity contribution in [3.05, 3.63) is 23.4 Å². The molecule has 24 heavy (non-hydrogen) atoms. The molecule has 1 saturated heterocycles. The van der Waals surface area contributed by atoms with E-state index in [2.05, 4.69) is 10.3 Å². The number of carbonyl (C=O) groups excluding carboxylic acids is 1. The van der Waals surface area contributed by atoms with E-state index in [0.717, 1.165) is 31.0 Å². The second-order valence-corrected chi connectivity index (χ2v) is 6.56. The lowest BCUT2D eigenvalue weighted by Gasteiger charge is -2.19. The van der Waals surface area contributed by atoms with Crippen LogP contribution in [0.4, 0.5) is 5.82 Å². The summed E-state index contributed by atoms with van der Waals surface area (Å²) in [5.74, 6) is 2.35. The number of hydrogen-bond acceptors (Lipinski definition) is 7. The topological polar surface area (TPSA) is 119 Å². The van der Waals surface area contributed by atoms with Gasteiger partial charge in [-0.15, -0.1) is 11.8 Å². The van der Waals surface area contributed by atoms with Crippen molar-refractivity contribution >= 4 is 23.5 Å². The average molecular weight is 344 g/mol. The van der Waals surface area contributed by atoms with E-state index in [1.807, 2.05) is 17.0 Å². The van der Waals surface area contributed by atoms with E-state index in [4.69, 9.17) is 16.3 Å². The van der Waals surface area contributed by atoms with Crippen molar-refractivity contribution in [2.45, 2.75) is 25.3 Å². The fourth-order valence-corrected chi connectivity index (χ4v) is 3.34. The largest absolute Gasteiger partial charge is 0.370 e. The Balaban J connectivity index is 1.69. The van der Waals surface area contributed by atoms with Gasteiger partial charge < -0.3 is 16.0 Å². The first kappa shape index (κ1) is 18.1. The summed E-state index contributed by atoms with van der Waals surface area (Å²) in [4.78, 5) is 18.0. The molecule has 3 N–H and O–H groups in total. The summed E-state index contributed by atoms with van der Waals surface area (Å²) in [7, 11) is 0. The number of aromatic nitrogens is 1. The number of nitrogens with zero attached hydrogens (tertiary/aromatic N) is 4. The molecule has 7 nitrogen and oxygen atoms in total. The maximum atomic E-state index is 12.1. The lowest BCUT2D eigenvalue weighted by molar-refractivity contribution is -0.131. The van der Waals surface area contributed by atoms with Gasteiger partial charge >= 0.3 is 0 Å². The van der Waals surface area contributed by atoms with Gasteiger partial charge in [-0.3, -0.25) is 4.79 Å². The highest BCUT2D eigenvalue weighted by atomic mass is 32.2. The molecular weight excluding hydrogens is 324 g/mol. The predicted octanol–water partition coefficient (Wildman–Crippen LogP) is 1.27. The zero-order valence-electron chi connectivity index (χ0n) is 13.4. The molecule has 0 saturated carbocycles. The zero-order chi connectivity index (χ0) is 17.4. The summed E-state index contributed by atoms with van der Waals surface area (Å²) >= 11 is 1.75. The number of nitrogens with one attached hydrogen (secondary N) is 1. The van der Waals surface area contributed by atoms with Crippen molar-refractivity contribution in [2.75, 3.05) is 30.0 Å². The van der Waals surface area contributed by atoms with Crippen LogP contribution in [0.2, 0.25) is 0 Å². The van der Waals surface area contributed by atoms with E-state index in [0.29, 0.717) is 18.8 Å². The zero-order valence-corrected chi connectivity index (χ0v) is 14.2. The van der Waals surface area contributed by atoms with Crippen LogP contribution >= 0.6 is 11.8 Å². The van der Waals surface area contributed by atoms with Crippen LogP contribution in [0.25, 0.3) is 0 Å². The van der Waals surface area contributed by atoms with Crippen molar-refractivity contribution in [1.29, 1.82) is 10.5 Å². The van der Waals surface area contributed by atoms with E-state index >= 15 is 0 Å². The standard InChI is InChI=1S/C16H20N6OS/c17-9-12-4-5-15(21-14(12)10-18)20-6-2-1-3-13(19)16(23)22-7-8-24-11-22/h4-5,13H,1-3,6-8,11,19H2,(H,20,21). The number of nitriles is 2. The minimum Gasteiger partial charge on any atom is -0.370 e. The van der Waals surface area contributed by atoms with Gasteiger partial charge in [0.15, 0.2) is 5.69 Å². The first-order valence-electron chi connectivity index (χ1n) is 7.83. The third-order valence-corrected chi connectivity index (χ3v) is 4.72. The maximum Gasteiger partial charge on any atom is 0.240 e. The molecule has 1 amide bonds. The number of hydrogen-bond donors (Lipinski definition) is 2. The molecule has 1 aliphatic heterocycles. The average Bonchev–Trinajstić information content (AvgIpc) is 3.14. The summed E-state index contributed by atoms with van der Waals surface area (Å²) in [5, 5.41) is 20.9. The number of rotatable bonds is 7. The Morgan fingerprint density at radius 3 is 2.92 bits per heavy atom. The molecule has 2 rings (SSSR count). The molecule has 0 aliphatic carbocycles. The summed E-state index contributed by atoms with van der Waals surface area (Å²) in [6.45, 7) is 1.47. The van der Waals surface area contributed by atoms with E-state index in [-0.39, 0.29) is 17.2 Å². The van der Waals surface area contributed by atoms with Crippen LogP contribution in [0, 0.1) is 22.7 Å². The molecule has 0 bridgehead atoms. The molecule has 8 heteroatoms. The Labute approximate surface area is 145 Å². The number of unbranched alkanes of at least 4 members (excludes halogenated alkanes) is 1. The molecule has 0 aromatic carbocycles. The van der Waals surface area contributed by atoms with Crippen molar-refractivity contribution in [1.82, 2.24) is 9.88 Å². The second kappa shape index (κ2) is 9.11. The van der Waals surface area contributed by atoms with Gasteiger partial charge in [0.1, 0.15) is 18.0 Å². The van der Waals surface area contributed by atoms with Gasteiger partial charge in [-0.1, -0.05) is 0 Å². The molecule has 0 spiro atoms. The van der Waals surface area contributed by atoms with Gasteiger partial charge in [0, 0.05) is 18.8 Å². The fraction of sp³-hybridized carbons (Fsp3) is 0.500. The number of anilines is 1. The monoisotopic (exact) mass is 344 g/mol. The maximum absolute atomic E-state index is 12.1. The van der Waals surface area contributed by atoms with E-state index < -0.39 is 6.04 Å². The van der Waals surface area contributed by atoms with Crippen molar-refractivity contribution in [3.63, 3.8) is 0 Å². The van der Waals surface area contributed by atoms with Crippen LogP contribution in [0.1, 0.15) is 30.5 Å². The quantitative estimate of drug-likeness (QED) is 0.715. The summed E-state index contributed by atoms with van der Waals surface area (Å²) in [5.41, 5.74) is 6.35. The lowest BCUT2D eigenvalue weighted by atomic mass is 10.1. The Kier molecular flexibility index (Phi) is 6.86. The third kappa shape index (κ3) is 4.85. The molecule has 1 aromatic heterocycles. The van der Waals surface area contributed by atoms with Gasteiger partial charge in [0.25, 0.3) is 0 Å². The third-order valence-electron chi connectivity index (χ3n) is 3.75. The number of carbonyl (C=O) groups is 1. The molecule has 1 unspecified atom stereocenters. The van der Waals surface area contributed by atoms with E-state index in [1.165, 1.54) is 0 Å². The molecule has 1 fully saturated rings. The van der Waals surface area contributed by atoms with Crippen LogP contribution < -0.4 is 11.1 Å². The van der Waals surface area contributed by atoms with E-state index in [9.17, 15) is 4.79 Å². The highest BCUT2D eigenvalue weighted by Gasteiger charge is 2.23. The highest BCUT2D eigenvalue weighted by Crippen LogP contribution is 2.15. The Bertz CT molecular complexity index is 660. The first-order valence-corrected chi connectivity index (χ1v) is 8.98. The van der Waals surface area contributed by atoms with Crippen LogP contribution in [-0.4, -0.2) is 46.6 Å².